The number of aliphatic imine (C=N–C) groups is 1. The molecule has 1 saturated heterocycles. The van der Waals surface area contributed by atoms with Gasteiger partial charge in [-0.1, -0.05) is 30.3 Å². The number of piperidine rings is 1. The smallest absolute Gasteiger partial charge is 0.191 e. The summed E-state index contributed by atoms with van der Waals surface area (Å²) in [5.41, 5.74) is 1.40. The second-order valence-electron chi connectivity index (χ2n) is 7.48. The van der Waals surface area contributed by atoms with Gasteiger partial charge < -0.3 is 15.4 Å². The molecule has 6 heteroatoms. The minimum Gasteiger partial charge on any atom is -0.385 e. The van der Waals surface area contributed by atoms with Crippen molar-refractivity contribution in [3.05, 3.63) is 35.9 Å². The second kappa shape index (κ2) is 15.0. The fourth-order valence-corrected chi connectivity index (χ4v) is 3.64. The van der Waals surface area contributed by atoms with E-state index in [1.165, 1.54) is 12.0 Å². The lowest BCUT2D eigenvalue weighted by molar-refractivity contribution is 0.134. The molecule has 5 nitrogen and oxygen atoms in total. The quantitative estimate of drug-likeness (QED) is 0.220. The van der Waals surface area contributed by atoms with Crippen molar-refractivity contribution in [2.75, 3.05) is 33.4 Å². The topological polar surface area (TPSA) is 48.9 Å². The maximum atomic E-state index is 5.10. The summed E-state index contributed by atoms with van der Waals surface area (Å²) >= 11 is 0. The summed E-state index contributed by atoms with van der Waals surface area (Å²) < 4.78 is 5.10. The van der Waals surface area contributed by atoms with E-state index >= 15 is 0 Å². The summed E-state index contributed by atoms with van der Waals surface area (Å²) in [4.78, 5) is 7.35. The Kier molecular flexibility index (Phi) is 13.5. The zero-order valence-electron chi connectivity index (χ0n) is 17.8. The van der Waals surface area contributed by atoms with Gasteiger partial charge in [-0.3, -0.25) is 9.89 Å². The molecule has 28 heavy (non-hydrogen) atoms. The van der Waals surface area contributed by atoms with Crippen LogP contribution in [0.2, 0.25) is 0 Å². The molecule has 160 valence electrons. The molecule has 2 N–H and O–H groups in total. The van der Waals surface area contributed by atoms with E-state index in [2.05, 4.69) is 59.7 Å². The molecule has 0 aliphatic carbocycles. The molecular formula is C22H39IN4O. The normalized spacial score (nSPS) is 20.5. The molecule has 0 saturated carbocycles. The monoisotopic (exact) mass is 502 g/mol. The summed E-state index contributed by atoms with van der Waals surface area (Å²) in [6.07, 6.45) is 5.73. The number of nitrogens with one attached hydrogen (secondary N) is 2. The number of benzene rings is 1. The largest absolute Gasteiger partial charge is 0.385 e. The Balaban J connectivity index is 0.00000392. The standard InChI is InChI=1S/C22H38N4O.HI/c1-4-23-22(24-14-9-6-10-16-27-3)25-21-13-15-26(19(2)17-21)18-20-11-7-5-8-12-20;/h5,7-8,11-12,19,21H,4,6,9-10,13-18H2,1-3H3,(H2,23,24,25);1H. The molecule has 0 radical (unpaired) electrons. The molecule has 0 bridgehead atoms. The average molecular weight is 502 g/mol. The van der Waals surface area contributed by atoms with E-state index in [9.17, 15) is 0 Å². The highest BCUT2D eigenvalue weighted by Gasteiger charge is 2.25. The molecule has 2 unspecified atom stereocenters. The molecule has 2 rings (SSSR count). The van der Waals surface area contributed by atoms with E-state index in [0.717, 1.165) is 64.4 Å². The van der Waals surface area contributed by atoms with Crippen LogP contribution in [0.5, 0.6) is 0 Å². The van der Waals surface area contributed by atoms with Crippen LogP contribution in [-0.2, 0) is 11.3 Å². The lowest BCUT2D eigenvalue weighted by Gasteiger charge is -2.38. The van der Waals surface area contributed by atoms with Crippen molar-refractivity contribution in [2.24, 2.45) is 4.99 Å². The van der Waals surface area contributed by atoms with E-state index in [0.29, 0.717) is 12.1 Å². The summed E-state index contributed by atoms with van der Waals surface area (Å²) in [6.45, 7) is 9.27. The molecule has 1 aromatic rings. The number of likely N-dealkylation sites (tertiary alicyclic amines) is 1. The van der Waals surface area contributed by atoms with Gasteiger partial charge in [-0.15, -0.1) is 24.0 Å². The van der Waals surface area contributed by atoms with Crippen LogP contribution in [0, 0.1) is 0 Å². The van der Waals surface area contributed by atoms with Crippen LogP contribution in [-0.4, -0.2) is 56.3 Å². The fraction of sp³-hybridized carbons (Fsp3) is 0.682. The Morgan fingerprint density at radius 1 is 1.21 bits per heavy atom. The molecule has 1 fully saturated rings. The first-order chi connectivity index (χ1) is 13.2. The van der Waals surface area contributed by atoms with Crippen molar-refractivity contribution in [1.82, 2.24) is 15.5 Å². The molecule has 1 aliphatic heterocycles. The molecule has 0 spiro atoms. The molecule has 2 atom stereocenters. The molecular weight excluding hydrogens is 463 g/mol. The van der Waals surface area contributed by atoms with Crippen molar-refractivity contribution < 1.29 is 4.74 Å². The summed E-state index contributed by atoms with van der Waals surface area (Å²) in [6, 6.07) is 11.9. The summed E-state index contributed by atoms with van der Waals surface area (Å²) in [5.74, 6) is 0.970. The molecule has 1 heterocycles. The van der Waals surface area contributed by atoms with E-state index in [4.69, 9.17) is 9.73 Å². The minimum absolute atomic E-state index is 0. The zero-order chi connectivity index (χ0) is 19.3. The van der Waals surface area contributed by atoms with Crippen LogP contribution in [0.4, 0.5) is 0 Å². The van der Waals surface area contributed by atoms with Gasteiger partial charge >= 0.3 is 0 Å². The number of methoxy groups -OCH3 is 1. The van der Waals surface area contributed by atoms with Crippen LogP contribution < -0.4 is 10.6 Å². The first-order valence-corrected chi connectivity index (χ1v) is 10.5. The van der Waals surface area contributed by atoms with Crippen LogP contribution in [0.1, 0.15) is 51.5 Å². The highest BCUT2D eigenvalue weighted by molar-refractivity contribution is 14.0. The number of nitrogens with zero attached hydrogens (tertiary/aromatic N) is 2. The molecule has 1 aliphatic rings. The van der Waals surface area contributed by atoms with Gasteiger partial charge in [0.25, 0.3) is 0 Å². The Morgan fingerprint density at radius 3 is 2.68 bits per heavy atom. The summed E-state index contributed by atoms with van der Waals surface area (Å²) in [5, 5.41) is 7.06. The third-order valence-electron chi connectivity index (χ3n) is 5.20. The van der Waals surface area contributed by atoms with Crippen LogP contribution in [0.15, 0.2) is 35.3 Å². The fourth-order valence-electron chi connectivity index (χ4n) is 3.64. The highest BCUT2D eigenvalue weighted by Crippen LogP contribution is 2.19. The third kappa shape index (κ3) is 9.56. The Labute approximate surface area is 188 Å². The maximum absolute atomic E-state index is 5.10. The number of rotatable bonds is 10. The van der Waals surface area contributed by atoms with Crippen molar-refractivity contribution in [2.45, 2.75) is 64.6 Å². The van der Waals surface area contributed by atoms with Crippen LogP contribution in [0.3, 0.4) is 0 Å². The van der Waals surface area contributed by atoms with Gasteiger partial charge in [0, 0.05) is 52.0 Å². The average Bonchev–Trinajstić information content (AvgIpc) is 2.67. The van der Waals surface area contributed by atoms with Crippen LogP contribution in [0.25, 0.3) is 0 Å². The predicted octanol–water partition coefficient (Wildman–Crippen LogP) is 4.03. The van der Waals surface area contributed by atoms with Gasteiger partial charge in [0.2, 0.25) is 0 Å². The van der Waals surface area contributed by atoms with Gasteiger partial charge in [-0.2, -0.15) is 0 Å². The van der Waals surface area contributed by atoms with Crippen LogP contribution >= 0.6 is 24.0 Å². The van der Waals surface area contributed by atoms with Gasteiger partial charge in [0.1, 0.15) is 0 Å². The molecule has 0 aromatic heterocycles. The number of ether oxygens (including phenoxy) is 1. The SMILES string of the molecule is CCNC(=NCCCCCOC)NC1CCN(Cc2ccccc2)C(C)C1.I. The second-order valence-corrected chi connectivity index (χ2v) is 7.48. The molecule has 0 amide bonds. The Hall–Kier alpha value is -0.860. The third-order valence-corrected chi connectivity index (χ3v) is 5.20. The van der Waals surface area contributed by atoms with Gasteiger partial charge in [0.15, 0.2) is 5.96 Å². The predicted molar refractivity (Wildman–Crippen MR) is 130 cm³/mol. The number of unbranched alkanes of at least 4 members (excludes halogenated alkanes) is 2. The maximum Gasteiger partial charge on any atom is 0.191 e. The Morgan fingerprint density at radius 2 is 2.00 bits per heavy atom. The van der Waals surface area contributed by atoms with E-state index in [1.54, 1.807) is 7.11 Å². The number of hydrogen-bond acceptors (Lipinski definition) is 3. The first-order valence-electron chi connectivity index (χ1n) is 10.5. The lowest BCUT2D eigenvalue weighted by Crippen LogP contribution is -2.51. The number of halogens is 1. The van der Waals surface area contributed by atoms with Crippen molar-refractivity contribution >= 4 is 29.9 Å². The van der Waals surface area contributed by atoms with Crippen molar-refractivity contribution in [3.63, 3.8) is 0 Å². The van der Waals surface area contributed by atoms with Gasteiger partial charge in [0.05, 0.1) is 0 Å². The summed E-state index contributed by atoms with van der Waals surface area (Å²) in [7, 11) is 1.76. The van der Waals surface area contributed by atoms with E-state index < -0.39 is 0 Å². The molecule has 1 aromatic carbocycles. The van der Waals surface area contributed by atoms with Gasteiger partial charge in [-0.05, 0) is 51.5 Å². The minimum atomic E-state index is 0. The highest BCUT2D eigenvalue weighted by atomic mass is 127. The Bertz CT molecular complexity index is 541. The number of guanidine groups is 1. The number of hydrogen-bond donors (Lipinski definition) is 2. The lowest BCUT2D eigenvalue weighted by atomic mass is 9.97. The van der Waals surface area contributed by atoms with Gasteiger partial charge in [-0.25, -0.2) is 0 Å². The van der Waals surface area contributed by atoms with Crippen molar-refractivity contribution in [1.29, 1.82) is 0 Å². The van der Waals surface area contributed by atoms with Crippen molar-refractivity contribution in [3.8, 4) is 0 Å². The van der Waals surface area contributed by atoms with E-state index in [1.807, 2.05) is 0 Å². The van der Waals surface area contributed by atoms with E-state index in [-0.39, 0.29) is 24.0 Å². The zero-order valence-corrected chi connectivity index (χ0v) is 20.2. The first kappa shape index (κ1) is 25.2.